The van der Waals surface area contributed by atoms with E-state index < -0.39 is 55.5 Å². The first kappa shape index (κ1) is 19.5. The fourth-order valence-corrected chi connectivity index (χ4v) is 1.62. The van der Waals surface area contributed by atoms with Crippen LogP contribution >= 0.6 is 0 Å². The van der Waals surface area contributed by atoms with Crippen LogP contribution in [0.5, 0.6) is 0 Å². The molecule has 0 unspecified atom stereocenters. The summed E-state index contributed by atoms with van der Waals surface area (Å²) in [4.78, 5) is 34.0. The highest BCUT2D eigenvalue weighted by atomic mass is 16.4. The zero-order valence-corrected chi connectivity index (χ0v) is 12.8. The van der Waals surface area contributed by atoms with Gasteiger partial charge in [-0.05, 0) is 6.92 Å². The van der Waals surface area contributed by atoms with Crippen molar-refractivity contribution in [3.63, 3.8) is 0 Å². The van der Waals surface area contributed by atoms with Crippen LogP contribution in [0.1, 0.15) is 37.2 Å². The third-order valence-corrected chi connectivity index (χ3v) is 2.93. The molecule has 12 nitrogen and oxygen atoms in total. The molecule has 12 heteroatoms. The Labute approximate surface area is 136 Å². The number of aliphatic carboxylic acids is 1. The van der Waals surface area contributed by atoms with E-state index in [1.807, 2.05) is 0 Å². The fourth-order valence-electron chi connectivity index (χ4n) is 1.62. The Morgan fingerprint density at radius 3 is 2.29 bits per heavy atom. The predicted octanol–water partition coefficient (Wildman–Crippen LogP) is -2.17. The summed E-state index contributed by atoms with van der Waals surface area (Å²) < 4.78 is 5.15. The summed E-state index contributed by atoms with van der Waals surface area (Å²) in [6.45, 7) is 0.106. The second-order valence-electron chi connectivity index (χ2n) is 4.88. The van der Waals surface area contributed by atoms with Crippen molar-refractivity contribution in [2.75, 3.05) is 13.2 Å². The molecule has 24 heavy (non-hydrogen) atoms. The van der Waals surface area contributed by atoms with Gasteiger partial charge in [-0.25, -0.2) is 4.79 Å². The normalized spacial score (nSPS) is 14.5. The molecule has 0 aliphatic carbocycles. The number of nitrogens with two attached hydrogens (primary N) is 1. The molecule has 0 spiro atoms. The summed E-state index contributed by atoms with van der Waals surface area (Å²) in [6, 6.07) is -4.17. The Balaban J connectivity index is 2.85. The van der Waals surface area contributed by atoms with Gasteiger partial charge in [-0.2, -0.15) is 0 Å². The van der Waals surface area contributed by atoms with Crippen molar-refractivity contribution in [1.82, 2.24) is 20.8 Å². The number of aliphatic hydroxyl groups excluding tert-OH is 2. The minimum absolute atomic E-state index is 0.123. The Kier molecular flexibility index (Phi) is 7.23. The first-order chi connectivity index (χ1) is 11.3. The maximum Gasteiger partial charge on any atom is 0.316 e. The molecule has 0 aromatic carbocycles. The number of carbonyl (C=O) groups excluding carboxylic acids is 2. The molecule has 1 aromatic rings. The monoisotopic (exact) mass is 345 g/mol. The zero-order chi connectivity index (χ0) is 18.3. The number of carbonyl (C=O) groups is 3. The van der Waals surface area contributed by atoms with Gasteiger partial charge in [0.1, 0.15) is 18.1 Å². The molecule has 0 fully saturated rings. The molecule has 1 rings (SSSR count). The molecule has 2 amide bonds. The van der Waals surface area contributed by atoms with Crippen molar-refractivity contribution in [2.45, 2.75) is 31.5 Å². The van der Waals surface area contributed by atoms with Crippen LogP contribution in [-0.4, -0.2) is 62.6 Å². The number of carboxylic acid groups (broad SMARTS) is 1. The van der Waals surface area contributed by atoms with Crippen molar-refractivity contribution in [3.05, 3.63) is 11.8 Å². The lowest BCUT2D eigenvalue weighted by molar-refractivity contribution is -0.137. The molecular weight excluding hydrogens is 326 g/mol. The van der Waals surface area contributed by atoms with Crippen molar-refractivity contribution < 1.29 is 34.1 Å². The third-order valence-electron chi connectivity index (χ3n) is 2.93. The minimum atomic E-state index is -1.25. The summed E-state index contributed by atoms with van der Waals surface area (Å²) in [5.41, 5.74) is 5.50. The molecule has 1 heterocycles. The number of urea groups is 1. The Hall–Kier alpha value is -2.57. The number of ketones is 1. The molecule has 3 atom stereocenters. The summed E-state index contributed by atoms with van der Waals surface area (Å²) in [6.07, 6.45) is -0.576. The van der Waals surface area contributed by atoms with Gasteiger partial charge in [-0.3, -0.25) is 9.59 Å². The lowest BCUT2D eigenvalue weighted by Gasteiger charge is -2.17. The highest BCUT2D eigenvalue weighted by Crippen LogP contribution is 2.18. The predicted molar refractivity (Wildman–Crippen MR) is 76.5 cm³/mol. The first-order valence-corrected chi connectivity index (χ1v) is 6.88. The van der Waals surface area contributed by atoms with Crippen LogP contribution in [0, 0.1) is 0 Å². The van der Waals surface area contributed by atoms with Gasteiger partial charge in [0.05, 0.1) is 19.6 Å². The fraction of sp³-hybridized carbons (Fsp3) is 0.583. The van der Waals surface area contributed by atoms with Gasteiger partial charge in [0.25, 0.3) is 0 Å². The van der Waals surface area contributed by atoms with Gasteiger partial charge in [-0.15, -0.1) is 10.2 Å². The number of aliphatic hydroxyl groups is 2. The molecular formula is C12H19N5O7. The second kappa shape index (κ2) is 8.90. The number of hydrogen-bond donors (Lipinski definition) is 6. The van der Waals surface area contributed by atoms with E-state index in [0.717, 1.165) is 0 Å². The molecule has 0 saturated carbocycles. The van der Waals surface area contributed by atoms with Crippen molar-refractivity contribution in [1.29, 1.82) is 0 Å². The topological polar surface area (TPSA) is 201 Å². The van der Waals surface area contributed by atoms with Crippen LogP contribution < -0.4 is 16.4 Å². The molecule has 0 aliphatic rings. The molecule has 0 bridgehead atoms. The van der Waals surface area contributed by atoms with Gasteiger partial charge in [-0.1, -0.05) is 0 Å². The minimum Gasteiger partial charge on any atom is -0.481 e. The van der Waals surface area contributed by atoms with Gasteiger partial charge >= 0.3 is 12.0 Å². The first-order valence-electron chi connectivity index (χ1n) is 6.88. The smallest absolute Gasteiger partial charge is 0.316 e. The van der Waals surface area contributed by atoms with Crippen molar-refractivity contribution in [3.8, 4) is 0 Å². The summed E-state index contributed by atoms with van der Waals surface area (Å²) >= 11 is 0. The number of nitrogens with zero attached hydrogens (tertiary/aromatic N) is 2. The van der Waals surface area contributed by atoms with E-state index >= 15 is 0 Å². The van der Waals surface area contributed by atoms with E-state index in [-0.39, 0.29) is 11.8 Å². The summed E-state index contributed by atoms with van der Waals surface area (Å²) in [5.74, 6) is -2.08. The number of aromatic nitrogens is 2. The highest BCUT2D eigenvalue weighted by Gasteiger charge is 2.26. The van der Waals surface area contributed by atoms with Crippen LogP contribution in [0.2, 0.25) is 0 Å². The quantitative estimate of drug-likeness (QED) is 0.286. The standard InChI is InChI=1S/C12H19N5O7/c1-5(20)8(4-19)15-12(23)14-7(2-9(21)22)11-17-16-10(24-11)6(13)3-18/h6-8,18-19H,2-4,13H2,1H3,(H,21,22)(H2,14,15,23)/t6-,7-,8-/m0/s1. The Morgan fingerprint density at radius 1 is 1.17 bits per heavy atom. The Bertz CT molecular complexity index is 590. The maximum absolute atomic E-state index is 11.8. The average Bonchev–Trinajstić information content (AvgIpc) is 3.00. The average molecular weight is 345 g/mol. The van der Waals surface area contributed by atoms with E-state index in [1.54, 1.807) is 0 Å². The molecule has 134 valence electrons. The van der Waals surface area contributed by atoms with Crippen LogP contribution in [0.15, 0.2) is 4.42 Å². The number of Topliss-reactive ketones (excluding diaryl/α,β-unsaturated/α-hetero) is 1. The molecule has 7 N–H and O–H groups in total. The summed E-state index contributed by atoms with van der Waals surface area (Å²) in [7, 11) is 0. The van der Waals surface area contributed by atoms with Gasteiger partial charge < -0.3 is 36.1 Å². The van der Waals surface area contributed by atoms with Crippen LogP contribution in [-0.2, 0) is 9.59 Å². The van der Waals surface area contributed by atoms with Crippen LogP contribution in [0.25, 0.3) is 0 Å². The van der Waals surface area contributed by atoms with Gasteiger partial charge in [0, 0.05) is 0 Å². The molecule has 0 aliphatic heterocycles. The van der Waals surface area contributed by atoms with Crippen LogP contribution in [0.4, 0.5) is 4.79 Å². The van der Waals surface area contributed by atoms with E-state index in [1.165, 1.54) is 6.92 Å². The van der Waals surface area contributed by atoms with E-state index in [9.17, 15) is 14.4 Å². The van der Waals surface area contributed by atoms with E-state index in [0.29, 0.717) is 0 Å². The number of hydrogen-bond acceptors (Lipinski definition) is 9. The van der Waals surface area contributed by atoms with Crippen molar-refractivity contribution in [2.24, 2.45) is 5.73 Å². The molecule has 0 radical (unpaired) electrons. The number of nitrogens with one attached hydrogen (secondary N) is 2. The lowest BCUT2D eigenvalue weighted by atomic mass is 10.2. The van der Waals surface area contributed by atoms with Gasteiger partial charge in [0.15, 0.2) is 5.78 Å². The number of amides is 2. The lowest BCUT2D eigenvalue weighted by Crippen LogP contribution is -2.48. The van der Waals surface area contributed by atoms with Gasteiger partial charge in [0.2, 0.25) is 11.8 Å². The van der Waals surface area contributed by atoms with E-state index in [2.05, 4.69) is 20.8 Å². The molecule has 1 aromatic heterocycles. The third kappa shape index (κ3) is 5.57. The van der Waals surface area contributed by atoms with Crippen LogP contribution in [0.3, 0.4) is 0 Å². The SMILES string of the molecule is CC(=O)[C@H](CO)NC(=O)N[C@@H](CC(=O)O)c1nnc([C@@H](N)CO)o1. The summed E-state index contributed by atoms with van der Waals surface area (Å²) in [5, 5.41) is 38.4. The number of carboxylic acids is 1. The van der Waals surface area contributed by atoms with Crippen molar-refractivity contribution >= 4 is 17.8 Å². The molecule has 0 saturated heterocycles. The zero-order valence-electron chi connectivity index (χ0n) is 12.8. The highest BCUT2D eigenvalue weighted by molar-refractivity contribution is 5.87. The maximum atomic E-state index is 11.8. The van der Waals surface area contributed by atoms with E-state index in [4.69, 9.17) is 25.5 Å². The Morgan fingerprint density at radius 2 is 1.79 bits per heavy atom. The largest absolute Gasteiger partial charge is 0.481 e. The number of rotatable bonds is 9. The second-order valence-corrected chi connectivity index (χ2v) is 4.88.